The minimum atomic E-state index is -2.65. The average Bonchev–Trinajstić information content (AvgIpc) is 2.92. The van der Waals surface area contributed by atoms with Gasteiger partial charge in [0, 0.05) is 34.0 Å². The lowest BCUT2D eigenvalue weighted by Crippen LogP contribution is -2.08. The molecule has 5 aromatic rings. The molecule has 0 radical (unpaired) electrons. The first-order valence-corrected chi connectivity index (χ1v) is 10.8. The molecule has 0 atom stereocenters. The van der Waals surface area contributed by atoms with Crippen LogP contribution in [0.1, 0.15) is 0 Å². The maximum absolute atomic E-state index is 15.4. The molecule has 1 nitrogen and oxygen atoms in total. The predicted octanol–water partition coefficient (Wildman–Crippen LogP) is 9.00. The zero-order chi connectivity index (χ0) is 29.4. The normalized spacial score (nSPS) is 11.6. The highest BCUT2D eigenvalue weighted by Crippen LogP contribution is 2.49. The third kappa shape index (κ3) is 3.67. The average molecular weight is 576 g/mol. The van der Waals surface area contributed by atoms with Crippen molar-refractivity contribution in [3.05, 3.63) is 100 Å². The summed E-state index contributed by atoms with van der Waals surface area (Å²) in [4.78, 5) is 0. The van der Waals surface area contributed by atoms with Crippen LogP contribution in [-0.4, -0.2) is 7.11 Å². The zero-order valence-corrected chi connectivity index (χ0v) is 19.3. The second-order valence-electron chi connectivity index (χ2n) is 8.36. The van der Waals surface area contributed by atoms with Crippen LogP contribution in [-0.2, 0) is 0 Å². The van der Waals surface area contributed by atoms with Gasteiger partial charge in [-0.2, -0.15) is 0 Å². The quantitative estimate of drug-likeness (QED) is 0.0902. The predicted molar refractivity (Wildman–Crippen MR) is 118 cm³/mol. The van der Waals surface area contributed by atoms with Crippen LogP contribution in [0.25, 0.3) is 43.8 Å². The highest BCUT2D eigenvalue weighted by molar-refractivity contribution is 6.22. The molecule has 0 saturated heterocycles. The summed E-state index contributed by atoms with van der Waals surface area (Å²) in [7, 11) is 1.02. The van der Waals surface area contributed by atoms with E-state index in [1.807, 2.05) is 0 Å². The van der Waals surface area contributed by atoms with Crippen molar-refractivity contribution in [2.75, 3.05) is 7.11 Å². The van der Waals surface area contributed by atoms with Gasteiger partial charge in [-0.25, -0.2) is 52.7 Å². The third-order valence-corrected chi connectivity index (χ3v) is 6.25. The Morgan fingerprint density at radius 3 is 1.32 bits per heavy atom. The molecule has 0 saturated carbocycles. The van der Waals surface area contributed by atoms with Crippen LogP contribution in [0.4, 0.5) is 52.7 Å². The maximum Gasteiger partial charge on any atom is 0.200 e. The first kappa shape index (κ1) is 27.2. The van der Waals surface area contributed by atoms with Crippen molar-refractivity contribution >= 4 is 21.5 Å². The van der Waals surface area contributed by atoms with Crippen molar-refractivity contribution in [1.29, 1.82) is 0 Å². The van der Waals surface area contributed by atoms with Crippen molar-refractivity contribution in [2.45, 2.75) is 0 Å². The van der Waals surface area contributed by atoms with E-state index in [4.69, 9.17) is 4.74 Å². The lowest BCUT2D eigenvalue weighted by Gasteiger charge is -2.21. The van der Waals surface area contributed by atoms with Gasteiger partial charge >= 0.3 is 0 Å². The molecule has 0 unspecified atom stereocenters. The van der Waals surface area contributed by atoms with Gasteiger partial charge in [-0.05, 0) is 22.9 Å². The van der Waals surface area contributed by atoms with Crippen LogP contribution in [0.5, 0.6) is 5.75 Å². The Bertz CT molecular complexity index is 1860. The standard InChI is InChI=1S/C27H8F12O/c1-40-8-5-11(29)15(12(30)6-8)13-9-3-2-7(28)4-10(9)14(17-16(13)19(31)23(35)24(36)20(17)32)18-21(33)25(37)27(39)26(38)22(18)34/h2-6H,1H3. The Morgan fingerprint density at radius 2 is 0.850 bits per heavy atom. The summed E-state index contributed by atoms with van der Waals surface area (Å²) in [6, 6.07) is 2.70. The molecule has 0 aliphatic rings. The van der Waals surface area contributed by atoms with E-state index in [0.717, 1.165) is 7.11 Å². The van der Waals surface area contributed by atoms with Gasteiger partial charge in [-0.1, -0.05) is 6.07 Å². The van der Waals surface area contributed by atoms with Crippen LogP contribution in [0, 0.1) is 69.8 Å². The van der Waals surface area contributed by atoms with Gasteiger partial charge in [0.1, 0.15) is 23.2 Å². The van der Waals surface area contributed by atoms with Crippen LogP contribution in [0.2, 0.25) is 0 Å². The van der Waals surface area contributed by atoms with Crippen molar-refractivity contribution in [3.8, 4) is 28.0 Å². The Kier molecular flexibility index (Phi) is 6.35. The van der Waals surface area contributed by atoms with Crippen LogP contribution in [0.15, 0.2) is 30.3 Å². The number of fused-ring (bicyclic) bond motifs is 2. The lowest BCUT2D eigenvalue weighted by molar-refractivity contribution is 0.381. The third-order valence-electron chi connectivity index (χ3n) is 6.25. The van der Waals surface area contributed by atoms with Crippen LogP contribution in [0.3, 0.4) is 0 Å². The van der Waals surface area contributed by atoms with Gasteiger partial charge in [-0.15, -0.1) is 0 Å². The summed E-state index contributed by atoms with van der Waals surface area (Å²) in [5.41, 5.74) is -5.80. The Labute approximate surface area is 214 Å². The first-order valence-electron chi connectivity index (χ1n) is 10.8. The van der Waals surface area contributed by atoms with E-state index >= 15 is 17.6 Å². The molecule has 13 heteroatoms. The first-order chi connectivity index (χ1) is 18.8. The number of benzene rings is 5. The summed E-state index contributed by atoms with van der Waals surface area (Å²) < 4.78 is 181. The van der Waals surface area contributed by atoms with Crippen LogP contribution < -0.4 is 4.74 Å². The molecule has 0 fully saturated rings. The SMILES string of the molecule is COc1cc(F)c(-c2c3ccc(F)cc3c(-c3c(F)c(F)c(F)c(F)c3F)c3c(F)c(F)c(F)c(F)c23)c(F)c1. The number of rotatable bonds is 3. The molecule has 5 rings (SSSR count). The lowest BCUT2D eigenvalue weighted by atomic mass is 9.84. The molecular formula is C27H8F12O. The van der Waals surface area contributed by atoms with E-state index in [1.54, 1.807) is 0 Å². The molecule has 0 aliphatic heterocycles. The van der Waals surface area contributed by atoms with Gasteiger partial charge in [0.25, 0.3) is 0 Å². The minimum absolute atomic E-state index is 0.337. The molecular weight excluding hydrogens is 568 g/mol. The summed E-state index contributed by atoms with van der Waals surface area (Å²) in [5, 5.41) is -5.00. The Hall–Kier alpha value is -4.42. The van der Waals surface area contributed by atoms with Gasteiger partial charge < -0.3 is 4.74 Å². The highest BCUT2D eigenvalue weighted by Gasteiger charge is 2.35. The Balaban J connectivity index is 2.19. The zero-order valence-electron chi connectivity index (χ0n) is 19.3. The van der Waals surface area contributed by atoms with Crippen molar-refractivity contribution in [3.63, 3.8) is 0 Å². The smallest absolute Gasteiger partial charge is 0.200 e. The van der Waals surface area contributed by atoms with Crippen LogP contribution >= 0.6 is 0 Å². The molecule has 0 aliphatic carbocycles. The topological polar surface area (TPSA) is 9.23 Å². The number of hydrogen-bond acceptors (Lipinski definition) is 1. The summed E-state index contributed by atoms with van der Waals surface area (Å²) in [5.74, 6) is -27.7. The maximum atomic E-state index is 15.4. The van der Waals surface area contributed by atoms with Gasteiger partial charge in [-0.3, -0.25) is 0 Å². The van der Waals surface area contributed by atoms with Gasteiger partial charge in [0.15, 0.2) is 46.5 Å². The monoisotopic (exact) mass is 576 g/mol. The number of hydrogen-bond donors (Lipinski definition) is 0. The minimum Gasteiger partial charge on any atom is -0.497 e. The number of methoxy groups -OCH3 is 1. The van der Waals surface area contributed by atoms with E-state index < -0.39 is 119 Å². The Morgan fingerprint density at radius 1 is 0.425 bits per heavy atom. The molecule has 0 bridgehead atoms. The van der Waals surface area contributed by atoms with E-state index in [-0.39, 0.29) is 0 Å². The molecule has 206 valence electrons. The van der Waals surface area contributed by atoms with E-state index in [1.165, 1.54) is 0 Å². The summed E-state index contributed by atoms with van der Waals surface area (Å²) in [6.45, 7) is 0. The van der Waals surface area contributed by atoms with E-state index in [2.05, 4.69) is 0 Å². The second kappa shape index (κ2) is 9.35. The molecule has 0 heterocycles. The summed E-state index contributed by atoms with van der Waals surface area (Å²) in [6.07, 6.45) is 0. The van der Waals surface area contributed by atoms with Crippen molar-refractivity contribution in [1.82, 2.24) is 0 Å². The van der Waals surface area contributed by atoms with Gasteiger partial charge in [0.05, 0.1) is 18.2 Å². The number of ether oxygens (including phenoxy) is 1. The van der Waals surface area contributed by atoms with E-state index in [0.29, 0.717) is 30.3 Å². The summed E-state index contributed by atoms with van der Waals surface area (Å²) >= 11 is 0. The molecule has 40 heavy (non-hydrogen) atoms. The molecule has 0 aromatic heterocycles. The highest BCUT2D eigenvalue weighted by atomic mass is 19.2. The fourth-order valence-electron chi connectivity index (χ4n) is 4.56. The molecule has 0 spiro atoms. The fraction of sp³-hybridized carbons (Fsp3) is 0.0370. The second-order valence-corrected chi connectivity index (χ2v) is 8.36. The van der Waals surface area contributed by atoms with E-state index in [9.17, 15) is 35.1 Å². The van der Waals surface area contributed by atoms with Crippen molar-refractivity contribution in [2.24, 2.45) is 0 Å². The molecule has 5 aromatic carbocycles. The fourth-order valence-corrected chi connectivity index (χ4v) is 4.56. The van der Waals surface area contributed by atoms with Crippen molar-refractivity contribution < 1.29 is 57.4 Å². The van der Waals surface area contributed by atoms with Gasteiger partial charge in [0.2, 0.25) is 5.82 Å². The largest absolute Gasteiger partial charge is 0.497 e. The number of halogens is 12. The molecule has 0 amide bonds. The molecule has 0 N–H and O–H groups in total.